The molecule has 2 heterocycles. The number of aromatic nitrogens is 1. The van der Waals surface area contributed by atoms with Gasteiger partial charge in [-0.25, -0.2) is 4.39 Å². The lowest BCUT2D eigenvalue weighted by molar-refractivity contribution is -0.148. The molecule has 136 valence electrons. The topological polar surface area (TPSA) is 59.5 Å². The van der Waals surface area contributed by atoms with Crippen LogP contribution in [0.1, 0.15) is 24.2 Å². The number of fused-ring (bicyclic) bond motifs is 2. The Balaban J connectivity index is 1.48. The van der Waals surface area contributed by atoms with Crippen molar-refractivity contribution in [3.63, 3.8) is 0 Å². The molecule has 1 aliphatic carbocycles. The molecule has 4 rings (SSSR count). The third-order valence-corrected chi connectivity index (χ3v) is 5.67. The van der Waals surface area contributed by atoms with E-state index >= 15 is 0 Å². The molecule has 5 nitrogen and oxygen atoms in total. The van der Waals surface area contributed by atoms with E-state index in [9.17, 15) is 14.0 Å². The fraction of sp³-hybridized carbons (Fsp3) is 0.450. The molecule has 1 aromatic carbocycles. The van der Waals surface area contributed by atoms with Crippen molar-refractivity contribution in [2.45, 2.75) is 19.9 Å². The quantitative estimate of drug-likeness (QED) is 0.609. The summed E-state index contributed by atoms with van der Waals surface area (Å²) in [5.74, 6) is -0.0551. The van der Waals surface area contributed by atoms with Gasteiger partial charge in [-0.05, 0) is 49.9 Å². The molecule has 0 spiro atoms. The molecule has 6 heteroatoms. The smallest absolute Gasteiger partial charge is 0.323 e. The first-order valence-corrected chi connectivity index (χ1v) is 9.00. The van der Waals surface area contributed by atoms with Crippen molar-refractivity contribution in [1.82, 2.24) is 9.88 Å². The van der Waals surface area contributed by atoms with Gasteiger partial charge in [0.15, 0.2) is 5.78 Å². The zero-order valence-corrected chi connectivity index (χ0v) is 14.8. The number of esters is 1. The second-order valence-corrected chi connectivity index (χ2v) is 7.12. The minimum Gasteiger partial charge on any atom is -0.465 e. The van der Waals surface area contributed by atoms with E-state index in [0.717, 1.165) is 13.1 Å². The third kappa shape index (κ3) is 2.78. The van der Waals surface area contributed by atoms with Crippen molar-refractivity contribution < 1.29 is 18.7 Å². The van der Waals surface area contributed by atoms with E-state index in [1.54, 1.807) is 25.3 Å². The zero-order valence-electron chi connectivity index (χ0n) is 14.8. The van der Waals surface area contributed by atoms with Crippen LogP contribution in [-0.4, -0.2) is 47.4 Å². The Morgan fingerprint density at radius 2 is 2.04 bits per heavy atom. The average Bonchev–Trinajstić information content (AvgIpc) is 3.13. The number of ether oxygens (including phenoxy) is 1. The molecule has 2 fully saturated rings. The molecule has 0 N–H and O–H groups in total. The van der Waals surface area contributed by atoms with E-state index in [0.29, 0.717) is 23.1 Å². The first-order chi connectivity index (χ1) is 12.5. The lowest BCUT2D eigenvalue weighted by Crippen LogP contribution is -2.40. The highest BCUT2D eigenvalue weighted by Crippen LogP contribution is 2.53. The van der Waals surface area contributed by atoms with E-state index in [1.165, 1.54) is 12.1 Å². The van der Waals surface area contributed by atoms with Crippen molar-refractivity contribution in [2.75, 3.05) is 19.7 Å². The maximum atomic E-state index is 13.6. The van der Waals surface area contributed by atoms with Crippen LogP contribution in [0.4, 0.5) is 4.39 Å². The molecule has 1 saturated carbocycles. The van der Waals surface area contributed by atoms with Crippen molar-refractivity contribution >= 4 is 22.7 Å². The van der Waals surface area contributed by atoms with Gasteiger partial charge in [-0.3, -0.25) is 19.5 Å². The van der Waals surface area contributed by atoms with Crippen LogP contribution in [-0.2, 0) is 9.53 Å². The Morgan fingerprint density at radius 1 is 1.31 bits per heavy atom. The van der Waals surface area contributed by atoms with E-state index < -0.39 is 0 Å². The van der Waals surface area contributed by atoms with Crippen LogP contribution in [0.3, 0.4) is 0 Å². The number of benzene rings is 1. The SMILES string of the molecule is CCOC(=O)C(C)N1CC2C(C1)C2C(=O)c1ccnc2ccc(F)cc12. The lowest BCUT2D eigenvalue weighted by Gasteiger charge is -2.24. The summed E-state index contributed by atoms with van der Waals surface area (Å²) < 4.78 is 18.7. The molecule has 2 aliphatic rings. The second kappa shape index (κ2) is 6.43. The van der Waals surface area contributed by atoms with Gasteiger partial charge in [-0.1, -0.05) is 0 Å². The molecule has 1 saturated heterocycles. The van der Waals surface area contributed by atoms with Crippen LogP contribution in [0.2, 0.25) is 0 Å². The normalized spacial score (nSPS) is 25.7. The number of carbonyl (C=O) groups excluding carboxylic acids is 2. The van der Waals surface area contributed by atoms with Gasteiger partial charge >= 0.3 is 5.97 Å². The predicted molar refractivity (Wildman–Crippen MR) is 94.2 cm³/mol. The van der Waals surface area contributed by atoms with Gasteiger partial charge < -0.3 is 4.74 Å². The van der Waals surface area contributed by atoms with Crippen LogP contribution < -0.4 is 0 Å². The van der Waals surface area contributed by atoms with Gasteiger partial charge in [0.1, 0.15) is 11.9 Å². The molecule has 0 radical (unpaired) electrons. The van der Waals surface area contributed by atoms with Gasteiger partial charge in [0, 0.05) is 36.2 Å². The van der Waals surface area contributed by atoms with Crippen LogP contribution >= 0.6 is 0 Å². The highest BCUT2D eigenvalue weighted by molar-refractivity contribution is 6.09. The molecule has 3 unspecified atom stereocenters. The number of piperidine rings is 1. The number of hydrogen-bond donors (Lipinski definition) is 0. The number of hydrogen-bond acceptors (Lipinski definition) is 5. The summed E-state index contributed by atoms with van der Waals surface area (Å²) in [6.07, 6.45) is 1.60. The molecule has 1 aromatic heterocycles. The van der Waals surface area contributed by atoms with Gasteiger partial charge in [0.05, 0.1) is 12.1 Å². The van der Waals surface area contributed by atoms with Gasteiger partial charge in [-0.2, -0.15) is 0 Å². The Bertz CT molecular complexity index is 872. The highest BCUT2D eigenvalue weighted by atomic mass is 19.1. The summed E-state index contributed by atoms with van der Waals surface area (Å²) in [7, 11) is 0. The minimum absolute atomic E-state index is 0.0467. The second-order valence-electron chi connectivity index (χ2n) is 7.12. The molecule has 3 atom stereocenters. The fourth-order valence-corrected chi connectivity index (χ4v) is 4.19. The Hall–Kier alpha value is -2.34. The monoisotopic (exact) mass is 356 g/mol. The molecule has 2 aromatic rings. The number of pyridine rings is 1. The van der Waals surface area contributed by atoms with E-state index in [1.807, 2.05) is 6.92 Å². The number of ketones is 1. The van der Waals surface area contributed by atoms with Gasteiger partial charge in [-0.15, -0.1) is 0 Å². The Morgan fingerprint density at radius 3 is 2.73 bits per heavy atom. The third-order valence-electron chi connectivity index (χ3n) is 5.67. The van der Waals surface area contributed by atoms with Crippen LogP contribution in [0, 0.1) is 23.6 Å². The van der Waals surface area contributed by atoms with Crippen molar-refractivity contribution in [1.29, 1.82) is 0 Å². The number of nitrogens with zero attached hydrogens (tertiary/aromatic N) is 2. The van der Waals surface area contributed by atoms with Crippen LogP contribution in [0.25, 0.3) is 10.9 Å². The summed E-state index contributed by atoms with van der Waals surface area (Å²) in [6.45, 7) is 5.45. The average molecular weight is 356 g/mol. The molecule has 0 amide bonds. The maximum Gasteiger partial charge on any atom is 0.323 e. The van der Waals surface area contributed by atoms with E-state index in [4.69, 9.17) is 4.74 Å². The summed E-state index contributed by atoms with van der Waals surface area (Å²) in [6, 6.07) is 5.72. The molecular weight excluding hydrogens is 335 g/mol. The summed E-state index contributed by atoms with van der Waals surface area (Å²) >= 11 is 0. The number of rotatable bonds is 5. The van der Waals surface area contributed by atoms with E-state index in [-0.39, 0.29) is 41.4 Å². The van der Waals surface area contributed by atoms with Crippen molar-refractivity contribution in [2.24, 2.45) is 17.8 Å². The largest absolute Gasteiger partial charge is 0.465 e. The summed E-state index contributed by atoms with van der Waals surface area (Å²) in [5.41, 5.74) is 1.17. The van der Waals surface area contributed by atoms with Gasteiger partial charge in [0.25, 0.3) is 0 Å². The first kappa shape index (κ1) is 17.1. The number of halogens is 1. The van der Waals surface area contributed by atoms with Crippen molar-refractivity contribution in [3.8, 4) is 0 Å². The molecule has 26 heavy (non-hydrogen) atoms. The fourth-order valence-electron chi connectivity index (χ4n) is 4.19. The highest BCUT2D eigenvalue weighted by Gasteiger charge is 2.60. The van der Waals surface area contributed by atoms with E-state index in [2.05, 4.69) is 9.88 Å². The summed E-state index contributed by atoms with van der Waals surface area (Å²) in [4.78, 5) is 31.2. The maximum absolute atomic E-state index is 13.6. The Labute approximate surface area is 151 Å². The predicted octanol–water partition coefficient (Wildman–Crippen LogP) is 2.69. The lowest BCUT2D eigenvalue weighted by atomic mass is 10.00. The number of likely N-dealkylation sites (tertiary alicyclic amines) is 1. The zero-order chi connectivity index (χ0) is 18.4. The van der Waals surface area contributed by atoms with Crippen LogP contribution in [0.5, 0.6) is 0 Å². The summed E-state index contributed by atoms with van der Waals surface area (Å²) in [5, 5.41) is 0.569. The first-order valence-electron chi connectivity index (χ1n) is 9.00. The minimum atomic E-state index is -0.370. The molecular formula is C20H21FN2O3. The molecule has 1 aliphatic heterocycles. The van der Waals surface area contributed by atoms with Crippen molar-refractivity contribution in [3.05, 3.63) is 41.8 Å². The molecule has 0 bridgehead atoms. The standard InChI is InChI=1S/C20H21FN2O3/c1-3-26-20(25)11(2)23-9-15-16(10-23)18(15)19(24)13-6-7-22-17-5-4-12(21)8-14(13)17/h4-8,11,15-16,18H,3,9-10H2,1-2H3. The number of Topliss-reactive ketones (excluding diaryl/α,β-unsaturated/α-hetero) is 1. The van der Waals surface area contributed by atoms with Crippen LogP contribution in [0.15, 0.2) is 30.5 Å². The van der Waals surface area contributed by atoms with Gasteiger partial charge in [0.2, 0.25) is 0 Å². The Kier molecular flexibility index (Phi) is 4.23. The number of carbonyl (C=O) groups is 2.